The molecule has 0 atom stereocenters. The Morgan fingerprint density at radius 2 is 1.82 bits per heavy atom. The van der Waals surface area contributed by atoms with Gasteiger partial charge in [0.05, 0.1) is 16.6 Å². The molecule has 0 radical (unpaired) electrons. The highest BCUT2D eigenvalue weighted by molar-refractivity contribution is 6.00. The van der Waals surface area contributed by atoms with E-state index in [2.05, 4.69) is 25.4 Å². The van der Waals surface area contributed by atoms with Gasteiger partial charge < -0.3 is 25.8 Å². The lowest BCUT2D eigenvalue weighted by Crippen LogP contribution is -2.22. The molecule has 17 heteroatoms. The number of pyridine rings is 1. The zero-order valence-corrected chi connectivity index (χ0v) is 23.6. The van der Waals surface area contributed by atoms with Gasteiger partial charge in [-0.25, -0.2) is 19.4 Å². The SMILES string of the molecule is CC(C)n1nc(-c2noc(C3CC3)c2-c2ccc(CNC(=O)CCCC(=O)O)cn2)c2c(N)ncnc21.O=C(O)C(F)(F)F. The van der Waals surface area contributed by atoms with E-state index in [4.69, 9.17) is 30.4 Å². The molecule has 0 spiro atoms. The van der Waals surface area contributed by atoms with Crippen LogP contribution in [0.2, 0.25) is 0 Å². The maximum Gasteiger partial charge on any atom is 0.490 e. The molecule has 0 saturated heterocycles. The number of amides is 1. The Morgan fingerprint density at radius 1 is 1.11 bits per heavy atom. The Bertz CT molecular complexity index is 1660. The fraction of sp³-hybridized carbons (Fsp3) is 0.407. The molecule has 4 heterocycles. The molecule has 0 aliphatic heterocycles. The normalized spacial score (nSPS) is 13.0. The second-order valence-electron chi connectivity index (χ2n) is 10.3. The zero-order chi connectivity index (χ0) is 32.2. The Hall–Kier alpha value is -5.09. The third kappa shape index (κ3) is 7.45. The monoisotopic (exact) mass is 618 g/mol. The van der Waals surface area contributed by atoms with Crippen LogP contribution in [0.1, 0.15) is 69.2 Å². The minimum Gasteiger partial charge on any atom is -0.481 e. The zero-order valence-electron chi connectivity index (χ0n) is 23.6. The summed E-state index contributed by atoms with van der Waals surface area (Å²) >= 11 is 0. The standard InChI is InChI=1S/C25H28N8O4.C2HF3O2/c1-13(2)33-25-20(24(26)29-12-30-25)21(31-33)22-19(23(37-32-22)15-7-8-15)16-9-6-14(10-27-16)11-28-17(34)4-3-5-18(35)36;3-2(4,5)1(6)7/h6,9-10,12-13,15H,3-5,7-8,11H2,1-2H3,(H,28,34)(H,35,36)(H2,26,29,30);(H,6,7). The highest BCUT2D eigenvalue weighted by Gasteiger charge is 2.38. The van der Waals surface area contributed by atoms with Crippen LogP contribution in [0.3, 0.4) is 0 Å². The molecular weight excluding hydrogens is 589 g/mol. The van der Waals surface area contributed by atoms with Gasteiger partial charge in [-0.2, -0.15) is 18.3 Å². The lowest BCUT2D eigenvalue weighted by molar-refractivity contribution is -0.192. The van der Waals surface area contributed by atoms with Crippen LogP contribution in [0.15, 0.2) is 29.2 Å². The van der Waals surface area contributed by atoms with Crippen LogP contribution in [-0.4, -0.2) is 64.1 Å². The van der Waals surface area contributed by atoms with Gasteiger partial charge in [-0.3, -0.25) is 14.6 Å². The maximum absolute atomic E-state index is 12.0. The van der Waals surface area contributed by atoms with Crippen molar-refractivity contribution in [1.29, 1.82) is 0 Å². The van der Waals surface area contributed by atoms with Gasteiger partial charge in [-0.15, -0.1) is 0 Å². The smallest absolute Gasteiger partial charge is 0.481 e. The topological polar surface area (TPSA) is 212 Å². The number of fused-ring (bicyclic) bond motifs is 1. The quantitative estimate of drug-likeness (QED) is 0.198. The molecular formula is C27H29F3N8O6. The number of carboxylic acids is 2. The minimum atomic E-state index is -5.08. The number of nitrogens with two attached hydrogens (primary N) is 1. The van der Waals surface area contributed by atoms with Gasteiger partial charge in [0.15, 0.2) is 5.65 Å². The number of anilines is 1. The van der Waals surface area contributed by atoms with Gasteiger partial charge >= 0.3 is 18.1 Å². The van der Waals surface area contributed by atoms with E-state index in [0.717, 1.165) is 29.7 Å². The summed E-state index contributed by atoms with van der Waals surface area (Å²) in [7, 11) is 0. The number of alkyl halides is 3. The third-order valence-electron chi connectivity index (χ3n) is 6.51. The Labute approximate surface area is 247 Å². The first kappa shape index (κ1) is 31.8. The summed E-state index contributed by atoms with van der Waals surface area (Å²) in [6, 6.07) is 3.80. The third-order valence-corrected chi connectivity index (χ3v) is 6.51. The number of hydrogen-bond acceptors (Lipinski definition) is 10. The lowest BCUT2D eigenvalue weighted by Gasteiger charge is -2.07. The molecule has 0 aromatic carbocycles. The highest BCUT2D eigenvalue weighted by atomic mass is 19.4. The Morgan fingerprint density at radius 3 is 2.39 bits per heavy atom. The van der Waals surface area contributed by atoms with Crippen molar-refractivity contribution in [2.24, 2.45) is 0 Å². The molecule has 1 fully saturated rings. The summed E-state index contributed by atoms with van der Waals surface area (Å²) in [6.45, 7) is 4.32. The number of nitrogens with one attached hydrogen (secondary N) is 1. The molecule has 0 unspecified atom stereocenters. The first-order chi connectivity index (χ1) is 20.8. The molecule has 1 aliphatic carbocycles. The van der Waals surface area contributed by atoms with Crippen molar-refractivity contribution in [3.63, 3.8) is 0 Å². The molecule has 1 saturated carbocycles. The van der Waals surface area contributed by atoms with Crippen molar-refractivity contribution >= 4 is 34.7 Å². The van der Waals surface area contributed by atoms with Crippen molar-refractivity contribution in [3.05, 3.63) is 36.0 Å². The molecule has 5 N–H and O–H groups in total. The van der Waals surface area contributed by atoms with Crippen molar-refractivity contribution in [2.75, 3.05) is 5.73 Å². The van der Waals surface area contributed by atoms with Gasteiger partial charge in [0.25, 0.3) is 0 Å². The molecule has 44 heavy (non-hydrogen) atoms. The number of aromatic nitrogens is 6. The largest absolute Gasteiger partial charge is 0.490 e. The number of hydrogen-bond donors (Lipinski definition) is 4. The summed E-state index contributed by atoms with van der Waals surface area (Å²) in [5.41, 5.74) is 10.2. The van der Waals surface area contributed by atoms with Crippen LogP contribution < -0.4 is 11.1 Å². The van der Waals surface area contributed by atoms with Gasteiger partial charge in [0.1, 0.15) is 29.3 Å². The molecule has 4 aromatic heterocycles. The van der Waals surface area contributed by atoms with E-state index < -0.39 is 18.1 Å². The van der Waals surface area contributed by atoms with Crippen LogP contribution in [0, 0.1) is 0 Å². The van der Waals surface area contributed by atoms with E-state index in [1.54, 1.807) is 10.9 Å². The number of nitrogen functional groups attached to an aromatic ring is 1. The summed E-state index contributed by atoms with van der Waals surface area (Å²) in [5, 5.41) is 28.5. The van der Waals surface area contributed by atoms with E-state index in [1.165, 1.54) is 6.33 Å². The highest BCUT2D eigenvalue weighted by Crippen LogP contribution is 2.48. The number of nitrogens with zero attached hydrogens (tertiary/aromatic N) is 6. The predicted octanol–water partition coefficient (Wildman–Crippen LogP) is 4.09. The number of aliphatic carboxylic acids is 2. The van der Waals surface area contributed by atoms with Crippen LogP contribution in [0.4, 0.5) is 19.0 Å². The molecule has 1 amide bonds. The number of carbonyl (C=O) groups is 3. The van der Waals surface area contributed by atoms with Crippen molar-refractivity contribution in [1.82, 2.24) is 35.2 Å². The summed E-state index contributed by atoms with van der Waals surface area (Å²) < 4.78 is 39.4. The van der Waals surface area contributed by atoms with Crippen molar-refractivity contribution in [3.8, 4) is 22.6 Å². The predicted molar refractivity (Wildman–Crippen MR) is 148 cm³/mol. The number of carboxylic acid groups (broad SMARTS) is 2. The van der Waals surface area contributed by atoms with Crippen LogP contribution in [-0.2, 0) is 20.9 Å². The van der Waals surface area contributed by atoms with E-state index in [1.807, 2.05) is 26.0 Å². The molecule has 234 valence electrons. The second kappa shape index (κ2) is 13.0. The van der Waals surface area contributed by atoms with E-state index >= 15 is 0 Å². The lowest BCUT2D eigenvalue weighted by atomic mass is 10.0. The van der Waals surface area contributed by atoms with Crippen LogP contribution in [0.5, 0.6) is 0 Å². The van der Waals surface area contributed by atoms with Gasteiger partial charge in [0.2, 0.25) is 5.91 Å². The van der Waals surface area contributed by atoms with Crippen LogP contribution >= 0.6 is 0 Å². The first-order valence-corrected chi connectivity index (χ1v) is 13.5. The van der Waals surface area contributed by atoms with E-state index in [0.29, 0.717) is 46.9 Å². The molecule has 1 aliphatic rings. The first-order valence-electron chi connectivity index (χ1n) is 13.5. The molecule has 0 bridgehead atoms. The fourth-order valence-electron chi connectivity index (χ4n) is 4.22. The summed E-state index contributed by atoms with van der Waals surface area (Å²) in [5.74, 6) is -2.51. The fourth-order valence-corrected chi connectivity index (χ4v) is 4.22. The summed E-state index contributed by atoms with van der Waals surface area (Å²) in [6.07, 6.45) is 0.498. The van der Waals surface area contributed by atoms with Gasteiger partial charge in [0, 0.05) is 37.5 Å². The van der Waals surface area contributed by atoms with Crippen molar-refractivity contribution in [2.45, 2.75) is 70.6 Å². The average Bonchev–Trinajstić information content (AvgIpc) is 3.58. The average molecular weight is 619 g/mol. The summed E-state index contributed by atoms with van der Waals surface area (Å²) in [4.78, 5) is 44.7. The van der Waals surface area contributed by atoms with Gasteiger partial charge in [-0.1, -0.05) is 11.2 Å². The molecule has 5 rings (SSSR count). The van der Waals surface area contributed by atoms with E-state index in [-0.39, 0.29) is 30.7 Å². The van der Waals surface area contributed by atoms with E-state index in [9.17, 15) is 22.8 Å². The minimum absolute atomic E-state index is 0.0312. The number of halogens is 3. The molecule has 4 aromatic rings. The van der Waals surface area contributed by atoms with Gasteiger partial charge in [-0.05, 0) is 44.7 Å². The second-order valence-corrected chi connectivity index (χ2v) is 10.3. The number of carbonyl (C=O) groups excluding carboxylic acids is 1. The Kier molecular flexibility index (Phi) is 9.44. The Balaban J connectivity index is 0.000000566. The van der Waals surface area contributed by atoms with Crippen LogP contribution in [0.25, 0.3) is 33.7 Å². The maximum atomic E-state index is 12.0. The van der Waals surface area contributed by atoms with Crippen molar-refractivity contribution < 1.29 is 42.3 Å². The molecule has 14 nitrogen and oxygen atoms in total. The number of rotatable bonds is 10.